The minimum atomic E-state index is -3.70. The molecule has 8 heteroatoms. The van der Waals surface area contributed by atoms with E-state index in [2.05, 4.69) is 15.0 Å². The number of hydrogen-bond acceptors (Lipinski definition) is 4. The van der Waals surface area contributed by atoms with Crippen LogP contribution < -0.4 is 10.0 Å². The second kappa shape index (κ2) is 7.59. The molecule has 2 aromatic rings. The maximum Gasteiger partial charge on any atom is 0.251 e. The molecule has 7 nitrogen and oxygen atoms in total. The Hall–Kier alpha value is -2.19. The fourth-order valence-electron chi connectivity index (χ4n) is 2.53. The highest BCUT2D eigenvalue weighted by molar-refractivity contribution is 7.89. The molecular weight excluding hydrogens is 352 g/mol. The van der Waals surface area contributed by atoms with E-state index in [4.69, 9.17) is 0 Å². The van der Waals surface area contributed by atoms with Crippen LogP contribution in [0.4, 0.5) is 0 Å². The lowest BCUT2D eigenvalue weighted by molar-refractivity contribution is 0.0936. The molecule has 0 aliphatic rings. The summed E-state index contributed by atoms with van der Waals surface area (Å²) < 4.78 is 29.5. The largest absolute Gasteiger partial charge is 0.348 e. The summed E-state index contributed by atoms with van der Waals surface area (Å²) in [5.74, 6) is -0.303. The van der Waals surface area contributed by atoms with E-state index in [1.54, 1.807) is 46.3 Å². The number of aryl methyl sites for hydroxylation is 1. The number of sulfonamides is 1. The van der Waals surface area contributed by atoms with E-state index < -0.39 is 15.6 Å². The summed E-state index contributed by atoms with van der Waals surface area (Å²) in [7, 11) is -3.70. The molecule has 142 valence electrons. The Labute approximate surface area is 154 Å². The summed E-state index contributed by atoms with van der Waals surface area (Å²) >= 11 is 0. The van der Waals surface area contributed by atoms with Crippen molar-refractivity contribution in [3.8, 4) is 0 Å². The van der Waals surface area contributed by atoms with Gasteiger partial charge in [0.2, 0.25) is 10.0 Å². The van der Waals surface area contributed by atoms with Gasteiger partial charge in [0.05, 0.1) is 11.2 Å². The van der Waals surface area contributed by atoms with Gasteiger partial charge < -0.3 is 9.88 Å². The highest BCUT2D eigenvalue weighted by atomic mass is 32.2. The van der Waals surface area contributed by atoms with Crippen molar-refractivity contribution in [3.63, 3.8) is 0 Å². The van der Waals surface area contributed by atoms with Crippen LogP contribution in [0.15, 0.2) is 41.8 Å². The Balaban J connectivity index is 2.19. The first-order valence-electron chi connectivity index (χ1n) is 8.39. The predicted octanol–water partition coefficient (Wildman–Crippen LogP) is 2.09. The fraction of sp³-hybridized carbons (Fsp3) is 0.444. The van der Waals surface area contributed by atoms with E-state index >= 15 is 0 Å². The normalized spacial score (nSPS) is 13.4. The number of benzene rings is 1. The van der Waals surface area contributed by atoms with Gasteiger partial charge in [-0.2, -0.15) is 0 Å². The van der Waals surface area contributed by atoms with E-state index in [9.17, 15) is 13.2 Å². The maximum atomic E-state index is 12.6. The van der Waals surface area contributed by atoms with Crippen LogP contribution >= 0.6 is 0 Å². The lowest BCUT2D eigenvalue weighted by atomic mass is 10.1. The molecule has 1 atom stereocenters. The van der Waals surface area contributed by atoms with Crippen molar-refractivity contribution in [1.82, 2.24) is 19.6 Å². The smallest absolute Gasteiger partial charge is 0.251 e. The average Bonchev–Trinajstić information content (AvgIpc) is 2.97. The lowest BCUT2D eigenvalue weighted by Crippen LogP contribution is -2.40. The quantitative estimate of drug-likeness (QED) is 0.805. The molecule has 1 unspecified atom stereocenters. The number of rotatable bonds is 6. The van der Waals surface area contributed by atoms with Gasteiger partial charge in [-0.25, -0.2) is 18.1 Å². The lowest BCUT2D eigenvalue weighted by Gasteiger charge is -2.21. The summed E-state index contributed by atoms with van der Waals surface area (Å²) in [4.78, 5) is 16.7. The first-order chi connectivity index (χ1) is 12.0. The number of nitrogens with zero attached hydrogens (tertiary/aromatic N) is 2. The van der Waals surface area contributed by atoms with Gasteiger partial charge in [-0.05, 0) is 52.3 Å². The van der Waals surface area contributed by atoms with Crippen LogP contribution in [-0.2, 0) is 16.6 Å². The number of amides is 1. The van der Waals surface area contributed by atoms with Crippen molar-refractivity contribution < 1.29 is 13.2 Å². The highest BCUT2D eigenvalue weighted by Crippen LogP contribution is 2.18. The van der Waals surface area contributed by atoms with Gasteiger partial charge in [0.25, 0.3) is 5.91 Å². The van der Waals surface area contributed by atoms with Crippen LogP contribution in [0.2, 0.25) is 0 Å². The molecule has 1 heterocycles. The van der Waals surface area contributed by atoms with Crippen LogP contribution in [0.1, 0.15) is 43.6 Å². The Bertz CT molecular complexity index is 868. The standard InChI is InChI=1S/C18H26N4O3S/c1-13-6-7-15(26(24,25)21-18(3,4)5)10-16(13)17(23)20-14(2)11-22-9-8-19-12-22/h6-10,12,14,21H,11H2,1-5H3,(H,20,23). The van der Waals surface area contributed by atoms with Crippen LogP contribution in [0, 0.1) is 6.92 Å². The molecule has 0 bridgehead atoms. The number of carbonyl (C=O) groups excluding carboxylic acids is 1. The summed E-state index contributed by atoms with van der Waals surface area (Å²) in [5, 5.41) is 2.90. The third kappa shape index (κ3) is 5.40. The fourth-order valence-corrected chi connectivity index (χ4v) is 3.98. The van der Waals surface area contributed by atoms with Gasteiger partial charge in [0.15, 0.2) is 0 Å². The van der Waals surface area contributed by atoms with Gasteiger partial charge in [-0.3, -0.25) is 4.79 Å². The predicted molar refractivity (Wildman–Crippen MR) is 100 cm³/mol. The van der Waals surface area contributed by atoms with Gasteiger partial charge >= 0.3 is 0 Å². The van der Waals surface area contributed by atoms with Gasteiger partial charge in [0, 0.05) is 36.1 Å². The molecule has 1 aromatic carbocycles. The molecular formula is C18H26N4O3S. The van der Waals surface area contributed by atoms with Crippen molar-refractivity contribution in [3.05, 3.63) is 48.0 Å². The third-order valence-electron chi connectivity index (χ3n) is 3.63. The Morgan fingerprint density at radius 2 is 2.00 bits per heavy atom. The van der Waals surface area contributed by atoms with Crippen LogP contribution in [0.5, 0.6) is 0 Å². The first-order valence-corrected chi connectivity index (χ1v) is 9.87. The summed E-state index contributed by atoms with van der Waals surface area (Å²) in [6, 6.07) is 4.44. The molecule has 0 radical (unpaired) electrons. The van der Waals surface area contributed by atoms with Crippen molar-refractivity contribution in [2.75, 3.05) is 0 Å². The molecule has 0 aliphatic heterocycles. The summed E-state index contributed by atoms with van der Waals surface area (Å²) in [5.41, 5.74) is 0.456. The Morgan fingerprint density at radius 1 is 1.31 bits per heavy atom. The molecule has 1 amide bonds. The molecule has 26 heavy (non-hydrogen) atoms. The summed E-state index contributed by atoms with van der Waals surface area (Å²) in [6.45, 7) is 9.55. The monoisotopic (exact) mass is 378 g/mol. The molecule has 0 aliphatic carbocycles. The minimum Gasteiger partial charge on any atom is -0.348 e. The molecule has 0 saturated heterocycles. The molecule has 0 fully saturated rings. The SMILES string of the molecule is Cc1ccc(S(=O)(=O)NC(C)(C)C)cc1C(=O)NC(C)Cn1ccnc1. The van der Waals surface area contributed by atoms with Crippen LogP contribution in [0.25, 0.3) is 0 Å². The number of aromatic nitrogens is 2. The number of hydrogen-bond donors (Lipinski definition) is 2. The van der Waals surface area contributed by atoms with Crippen LogP contribution in [-0.4, -0.2) is 35.5 Å². The second-order valence-electron chi connectivity index (χ2n) is 7.47. The number of carbonyl (C=O) groups is 1. The number of nitrogens with one attached hydrogen (secondary N) is 2. The van der Waals surface area contributed by atoms with Gasteiger partial charge in [-0.1, -0.05) is 6.07 Å². The van der Waals surface area contributed by atoms with E-state index in [-0.39, 0.29) is 16.8 Å². The molecule has 1 aromatic heterocycles. The average molecular weight is 378 g/mol. The van der Waals surface area contributed by atoms with E-state index in [0.29, 0.717) is 17.7 Å². The molecule has 2 rings (SSSR count). The summed E-state index contributed by atoms with van der Waals surface area (Å²) in [6.07, 6.45) is 5.17. The molecule has 0 saturated carbocycles. The van der Waals surface area contributed by atoms with Crippen molar-refractivity contribution in [1.29, 1.82) is 0 Å². The van der Waals surface area contributed by atoms with Crippen molar-refractivity contribution in [2.24, 2.45) is 0 Å². The van der Waals surface area contributed by atoms with E-state index in [0.717, 1.165) is 0 Å². The van der Waals surface area contributed by atoms with Crippen LogP contribution in [0.3, 0.4) is 0 Å². The minimum absolute atomic E-state index is 0.0745. The van der Waals surface area contributed by atoms with Gasteiger partial charge in [-0.15, -0.1) is 0 Å². The van der Waals surface area contributed by atoms with Crippen molar-refractivity contribution >= 4 is 15.9 Å². The second-order valence-corrected chi connectivity index (χ2v) is 9.15. The zero-order valence-electron chi connectivity index (χ0n) is 15.8. The maximum absolute atomic E-state index is 12.6. The van der Waals surface area contributed by atoms with Gasteiger partial charge in [0.1, 0.15) is 0 Å². The number of imidazole rings is 1. The topological polar surface area (TPSA) is 93.1 Å². The Morgan fingerprint density at radius 3 is 2.58 bits per heavy atom. The van der Waals surface area contributed by atoms with E-state index in [1.165, 1.54) is 12.1 Å². The highest BCUT2D eigenvalue weighted by Gasteiger charge is 2.23. The molecule has 0 spiro atoms. The first kappa shape index (κ1) is 20.1. The zero-order valence-corrected chi connectivity index (χ0v) is 16.6. The Kier molecular flexibility index (Phi) is 5.87. The zero-order chi connectivity index (χ0) is 19.5. The van der Waals surface area contributed by atoms with Crippen molar-refractivity contribution in [2.45, 2.75) is 57.6 Å². The molecule has 2 N–H and O–H groups in total. The van der Waals surface area contributed by atoms with E-state index in [1.807, 2.05) is 17.7 Å². The third-order valence-corrected chi connectivity index (χ3v) is 5.38.